The molecule has 0 spiro atoms. The van der Waals surface area contributed by atoms with Crippen LogP contribution in [-0.4, -0.2) is 34.9 Å². The summed E-state index contributed by atoms with van der Waals surface area (Å²) in [5.74, 6) is 0.0888. The first-order valence-corrected chi connectivity index (χ1v) is 9.62. The highest BCUT2D eigenvalue weighted by molar-refractivity contribution is 6.31. The molecule has 3 heterocycles. The number of nitrogens with zero attached hydrogens (tertiary/aromatic N) is 2. The number of halogens is 1. The second-order valence-corrected chi connectivity index (χ2v) is 7.55. The number of aromatic amines is 1. The minimum atomic E-state index is 0.0888. The monoisotopic (exact) mass is 379 g/mol. The molecule has 1 saturated heterocycles. The Morgan fingerprint density at radius 1 is 1.11 bits per heavy atom. The first-order chi connectivity index (χ1) is 13.2. The smallest absolute Gasteiger partial charge is 0.256 e. The summed E-state index contributed by atoms with van der Waals surface area (Å²) in [6, 6.07) is 14.3. The van der Waals surface area contributed by atoms with Crippen molar-refractivity contribution in [2.45, 2.75) is 18.9 Å². The molecule has 5 nitrogen and oxygen atoms in total. The number of amides is 1. The quantitative estimate of drug-likeness (QED) is 0.690. The van der Waals surface area contributed by atoms with Crippen LogP contribution in [0.1, 0.15) is 23.2 Å². The highest BCUT2D eigenvalue weighted by Gasteiger charge is 2.31. The van der Waals surface area contributed by atoms with E-state index < -0.39 is 0 Å². The molecule has 1 aromatic heterocycles. The second kappa shape index (κ2) is 6.50. The van der Waals surface area contributed by atoms with E-state index in [1.54, 1.807) is 6.20 Å². The van der Waals surface area contributed by atoms with E-state index in [9.17, 15) is 4.79 Å². The van der Waals surface area contributed by atoms with E-state index in [0.717, 1.165) is 48.1 Å². The molecular weight excluding hydrogens is 360 g/mol. The van der Waals surface area contributed by atoms with Gasteiger partial charge in [0.2, 0.25) is 0 Å². The molecule has 0 unspecified atom stereocenters. The van der Waals surface area contributed by atoms with Gasteiger partial charge in [-0.1, -0.05) is 29.8 Å². The molecule has 3 aromatic rings. The van der Waals surface area contributed by atoms with Crippen LogP contribution < -0.4 is 10.2 Å². The molecule has 2 aliphatic heterocycles. The fraction of sp³-hybridized carbons (Fsp3) is 0.238. The zero-order valence-corrected chi connectivity index (χ0v) is 15.5. The highest BCUT2D eigenvalue weighted by Crippen LogP contribution is 2.36. The molecule has 1 radical (unpaired) electrons. The largest absolute Gasteiger partial charge is 0.360 e. The van der Waals surface area contributed by atoms with E-state index >= 15 is 0 Å². The van der Waals surface area contributed by atoms with Crippen molar-refractivity contribution in [3.05, 3.63) is 65.9 Å². The van der Waals surface area contributed by atoms with Crippen molar-refractivity contribution in [2.75, 3.05) is 23.3 Å². The normalized spacial score (nSPS) is 17.2. The first kappa shape index (κ1) is 16.5. The van der Waals surface area contributed by atoms with Crippen LogP contribution in [0.5, 0.6) is 0 Å². The molecule has 0 saturated carbocycles. The molecule has 0 atom stereocenters. The van der Waals surface area contributed by atoms with Gasteiger partial charge < -0.3 is 20.1 Å². The Morgan fingerprint density at radius 3 is 2.78 bits per heavy atom. The Morgan fingerprint density at radius 2 is 1.93 bits per heavy atom. The van der Waals surface area contributed by atoms with Crippen LogP contribution in [0.25, 0.3) is 10.9 Å². The summed E-state index contributed by atoms with van der Waals surface area (Å²) in [6.07, 6.45) is 3.70. The third-order valence-corrected chi connectivity index (χ3v) is 5.80. The molecule has 2 aliphatic rings. The molecule has 0 bridgehead atoms. The number of likely N-dealkylation sites (tertiary alicyclic amines) is 1. The van der Waals surface area contributed by atoms with Gasteiger partial charge in [0, 0.05) is 41.3 Å². The zero-order valence-electron chi connectivity index (χ0n) is 14.8. The Bertz CT molecular complexity index is 1010. The topological polar surface area (TPSA) is 51.4 Å². The summed E-state index contributed by atoms with van der Waals surface area (Å²) in [7, 11) is 0. The van der Waals surface area contributed by atoms with Gasteiger partial charge in [0.05, 0.1) is 16.9 Å². The van der Waals surface area contributed by atoms with E-state index in [0.29, 0.717) is 11.1 Å². The van der Waals surface area contributed by atoms with Crippen molar-refractivity contribution in [3.63, 3.8) is 0 Å². The Balaban J connectivity index is 1.30. The highest BCUT2D eigenvalue weighted by atomic mass is 35.5. The molecule has 137 valence electrons. The van der Waals surface area contributed by atoms with Crippen LogP contribution in [-0.2, 0) is 0 Å². The van der Waals surface area contributed by atoms with Gasteiger partial charge >= 0.3 is 0 Å². The van der Waals surface area contributed by atoms with E-state index in [1.165, 1.54) is 5.69 Å². The van der Waals surface area contributed by atoms with Crippen LogP contribution in [0, 0.1) is 6.67 Å². The minimum Gasteiger partial charge on any atom is -0.360 e. The van der Waals surface area contributed by atoms with E-state index in [1.807, 2.05) is 29.2 Å². The Kier molecular flexibility index (Phi) is 3.97. The summed E-state index contributed by atoms with van der Waals surface area (Å²) in [6.45, 7) is 3.57. The number of H-pyrrole nitrogens is 1. The lowest BCUT2D eigenvalue weighted by atomic mass is 10.0. The molecule has 0 aliphatic carbocycles. The average Bonchev–Trinajstić information content (AvgIpc) is 3.31. The van der Waals surface area contributed by atoms with Crippen molar-refractivity contribution in [3.8, 4) is 0 Å². The van der Waals surface area contributed by atoms with Crippen molar-refractivity contribution in [1.82, 2.24) is 9.88 Å². The number of anilines is 2. The maximum atomic E-state index is 13.0. The fourth-order valence-electron chi connectivity index (χ4n) is 4.12. The van der Waals surface area contributed by atoms with Gasteiger partial charge in [-0.15, -0.1) is 0 Å². The number of fused-ring (bicyclic) bond motifs is 2. The van der Waals surface area contributed by atoms with E-state index in [2.05, 4.69) is 40.1 Å². The number of aromatic nitrogens is 1. The van der Waals surface area contributed by atoms with Crippen LogP contribution in [0.3, 0.4) is 0 Å². The van der Waals surface area contributed by atoms with Crippen molar-refractivity contribution in [1.29, 1.82) is 0 Å². The molecule has 1 amide bonds. The third kappa shape index (κ3) is 2.82. The van der Waals surface area contributed by atoms with Gasteiger partial charge in [0.15, 0.2) is 0 Å². The number of hydrogen-bond acceptors (Lipinski definition) is 3. The first-order valence-electron chi connectivity index (χ1n) is 9.24. The number of rotatable bonds is 2. The molecule has 27 heavy (non-hydrogen) atoms. The van der Waals surface area contributed by atoms with Crippen LogP contribution in [0.4, 0.5) is 11.4 Å². The lowest BCUT2D eigenvalue weighted by Gasteiger charge is -2.37. The van der Waals surface area contributed by atoms with Gasteiger partial charge in [-0.25, -0.2) is 0 Å². The summed E-state index contributed by atoms with van der Waals surface area (Å²) in [4.78, 5) is 20.5. The van der Waals surface area contributed by atoms with Gasteiger partial charge in [-0.3, -0.25) is 4.79 Å². The van der Waals surface area contributed by atoms with Crippen LogP contribution >= 0.6 is 11.6 Å². The van der Waals surface area contributed by atoms with Crippen molar-refractivity contribution in [2.24, 2.45) is 0 Å². The zero-order chi connectivity index (χ0) is 18.4. The summed E-state index contributed by atoms with van der Waals surface area (Å²) in [5.41, 5.74) is 3.99. The number of carbonyl (C=O) groups excluding carboxylic acids is 1. The number of hydrogen-bond donors (Lipinski definition) is 2. The number of piperidine rings is 1. The summed E-state index contributed by atoms with van der Waals surface area (Å²) in [5, 5.41) is 4.93. The Hall–Kier alpha value is -2.66. The van der Waals surface area contributed by atoms with Crippen LogP contribution in [0.15, 0.2) is 48.7 Å². The van der Waals surface area contributed by atoms with Crippen molar-refractivity contribution < 1.29 is 4.79 Å². The molecule has 5 rings (SSSR count). The third-order valence-electron chi connectivity index (χ3n) is 5.56. The lowest BCUT2D eigenvalue weighted by molar-refractivity contribution is 0.0716. The second-order valence-electron chi connectivity index (χ2n) is 7.11. The minimum absolute atomic E-state index is 0.0888. The average molecular weight is 380 g/mol. The SMILES string of the molecule is O=C(c1c[nH]c2cc(Cl)ccc12)N1CCC(N2[CH]Nc3ccccc32)CC1. The maximum Gasteiger partial charge on any atom is 0.256 e. The predicted molar refractivity (Wildman–Crippen MR) is 109 cm³/mol. The molecule has 2 aromatic carbocycles. The molecular formula is C21H20ClN4O. The summed E-state index contributed by atoms with van der Waals surface area (Å²) >= 11 is 6.04. The van der Waals surface area contributed by atoms with E-state index in [-0.39, 0.29) is 5.91 Å². The molecule has 2 N–H and O–H groups in total. The van der Waals surface area contributed by atoms with Crippen LogP contribution in [0.2, 0.25) is 5.02 Å². The summed E-state index contributed by atoms with van der Waals surface area (Å²) < 4.78 is 0. The lowest BCUT2D eigenvalue weighted by Crippen LogP contribution is -2.45. The number of benzene rings is 2. The standard InChI is InChI=1S/C21H20ClN4O/c22-14-5-6-16-17(12-23-19(16)11-14)21(27)25-9-7-15(8-10-25)26-13-24-18-3-1-2-4-20(18)26/h1-6,11-13,15,23-24H,7-10H2. The van der Waals surface area contributed by atoms with Gasteiger partial charge in [-0.05, 0) is 37.1 Å². The fourth-order valence-corrected chi connectivity index (χ4v) is 4.30. The van der Waals surface area contributed by atoms with Gasteiger partial charge in [0.1, 0.15) is 6.67 Å². The van der Waals surface area contributed by atoms with E-state index in [4.69, 9.17) is 11.6 Å². The number of nitrogens with one attached hydrogen (secondary N) is 2. The van der Waals surface area contributed by atoms with Gasteiger partial charge in [-0.2, -0.15) is 0 Å². The number of para-hydroxylation sites is 2. The molecule has 1 fully saturated rings. The molecule has 6 heteroatoms. The van der Waals surface area contributed by atoms with Crippen molar-refractivity contribution >= 4 is 39.8 Å². The predicted octanol–water partition coefficient (Wildman–Crippen LogP) is 4.48. The maximum absolute atomic E-state index is 13.0. The van der Waals surface area contributed by atoms with Gasteiger partial charge in [0.25, 0.3) is 5.91 Å². The Labute approximate surface area is 162 Å². The number of carbonyl (C=O) groups is 1.